The van der Waals surface area contributed by atoms with E-state index in [0.717, 1.165) is 12.3 Å². The van der Waals surface area contributed by atoms with Crippen LogP contribution in [0.2, 0.25) is 0 Å². The normalized spacial score (nSPS) is 38.4. The Kier molecular flexibility index (Phi) is 3.23. The molecule has 1 heteroatoms. The van der Waals surface area contributed by atoms with Crippen molar-refractivity contribution in [3.63, 3.8) is 0 Å². The van der Waals surface area contributed by atoms with Crippen molar-refractivity contribution in [2.45, 2.75) is 47.0 Å². The quantitative estimate of drug-likeness (QED) is 0.646. The van der Waals surface area contributed by atoms with E-state index in [4.69, 9.17) is 0 Å². The molecule has 2 aliphatic rings. The smallest absolute Gasteiger partial charge is 0.133 e. The summed E-state index contributed by atoms with van der Waals surface area (Å²) in [6, 6.07) is 0. The highest BCUT2D eigenvalue weighted by atomic mass is 16.1. The van der Waals surface area contributed by atoms with Crippen LogP contribution >= 0.6 is 0 Å². The lowest BCUT2D eigenvalue weighted by atomic mass is 9.66. The minimum absolute atomic E-state index is 0.348. The Bertz CT molecular complexity index is 313. The molecule has 1 saturated carbocycles. The fraction of sp³-hybridized carbons (Fsp3) is 0.800. The van der Waals surface area contributed by atoms with Gasteiger partial charge in [-0.3, -0.25) is 4.79 Å². The van der Waals surface area contributed by atoms with Crippen LogP contribution in [0.1, 0.15) is 47.0 Å². The van der Waals surface area contributed by atoms with E-state index in [1.54, 1.807) is 12.5 Å². The van der Waals surface area contributed by atoms with E-state index < -0.39 is 0 Å². The van der Waals surface area contributed by atoms with E-state index in [2.05, 4.69) is 26.8 Å². The Morgan fingerprint density at radius 1 is 1.38 bits per heavy atom. The lowest BCUT2D eigenvalue weighted by molar-refractivity contribution is -0.122. The van der Waals surface area contributed by atoms with E-state index in [9.17, 15) is 4.79 Å². The van der Waals surface area contributed by atoms with Crippen LogP contribution < -0.4 is 0 Å². The molecule has 0 saturated heterocycles. The molecule has 0 aromatic carbocycles. The van der Waals surface area contributed by atoms with Gasteiger partial charge in [0, 0.05) is 5.92 Å². The zero-order valence-corrected chi connectivity index (χ0v) is 11.0. The minimum atomic E-state index is 0.348. The largest absolute Gasteiger partial charge is 0.300 e. The first-order valence-electron chi connectivity index (χ1n) is 6.69. The first-order valence-corrected chi connectivity index (χ1v) is 6.69. The van der Waals surface area contributed by atoms with E-state index in [0.29, 0.717) is 29.5 Å². The number of ketones is 1. The maximum Gasteiger partial charge on any atom is 0.133 e. The maximum absolute atomic E-state index is 11.8. The van der Waals surface area contributed by atoms with Gasteiger partial charge in [0.1, 0.15) is 5.78 Å². The zero-order chi connectivity index (χ0) is 11.9. The van der Waals surface area contributed by atoms with E-state index in [-0.39, 0.29) is 0 Å². The molecule has 0 aromatic heterocycles. The molecule has 0 spiro atoms. The number of Topliss-reactive ketones (excluding diaryl/α,β-unsaturated/α-hetero) is 1. The fourth-order valence-electron chi connectivity index (χ4n) is 3.97. The third kappa shape index (κ3) is 1.85. The van der Waals surface area contributed by atoms with Crippen LogP contribution in [-0.4, -0.2) is 5.78 Å². The molecule has 2 aliphatic carbocycles. The molecule has 16 heavy (non-hydrogen) atoms. The second-order valence-electron chi connectivity index (χ2n) is 6.07. The van der Waals surface area contributed by atoms with Crippen molar-refractivity contribution in [3.05, 3.63) is 11.6 Å². The molecular weight excluding hydrogens is 196 g/mol. The highest BCUT2D eigenvalue weighted by Gasteiger charge is 2.45. The SMILES string of the molecule is CC(=O)[C@H]1CC[C@H]2C(C)=CC[C@@H](C(C)C)[C@H]12. The molecule has 0 N–H and O–H groups in total. The van der Waals surface area contributed by atoms with E-state index >= 15 is 0 Å². The number of hydrogen-bond donors (Lipinski definition) is 0. The van der Waals surface area contributed by atoms with Crippen molar-refractivity contribution >= 4 is 5.78 Å². The minimum Gasteiger partial charge on any atom is -0.300 e. The average molecular weight is 220 g/mol. The summed E-state index contributed by atoms with van der Waals surface area (Å²) in [5.74, 6) is 3.55. The van der Waals surface area contributed by atoms with Crippen molar-refractivity contribution < 1.29 is 4.79 Å². The first kappa shape index (κ1) is 11.9. The van der Waals surface area contributed by atoms with Gasteiger partial charge in [-0.2, -0.15) is 0 Å². The van der Waals surface area contributed by atoms with Crippen LogP contribution in [0.4, 0.5) is 0 Å². The van der Waals surface area contributed by atoms with Crippen LogP contribution in [0.15, 0.2) is 11.6 Å². The van der Waals surface area contributed by atoms with Crippen molar-refractivity contribution in [1.82, 2.24) is 0 Å². The molecule has 0 aliphatic heterocycles. The second-order valence-corrected chi connectivity index (χ2v) is 6.07. The average Bonchev–Trinajstić information content (AvgIpc) is 2.62. The topological polar surface area (TPSA) is 17.1 Å². The van der Waals surface area contributed by atoms with E-state index in [1.807, 2.05) is 0 Å². The van der Waals surface area contributed by atoms with Gasteiger partial charge >= 0.3 is 0 Å². The summed E-state index contributed by atoms with van der Waals surface area (Å²) in [4.78, 5) is 11.8. The monoisotopic (exact) mass is 220 g/mol. The summed E-state index contributed by atoms with van der Waals surface area (Å²) in [6.45, 7) is 8.67. The molecule has 1 fully saturated rings. The van der Waals surface area contributed by atoms with Gasteiger partial charge in [-0.1, -0.05) is 25.5 Å². The number of allylic oxidation sites excluding steroid dienone is 2. The van der Waals surface area contributed by atoms with E-state index in [1.165, 1.54) is 12.8 Å². The number of carbonyl (C=O) groups excluding carboxylic acids is 1. The maximum atomic E-state index is 11.8. The number of carbonyl (C=O) groups is 1. The second kappa shape index (κ2) is 4.35. The molecule has 0 amide bonds. The van der Waals surface area contributed by atoms with Crippen molar-refractivity contribution in [1.29, 1.82) is 0 Å². The van der Waals surface area contributed by atoms with Gasteiger partial charge in [0.15, 0.2) is 0 Å². The third-order valence-corrected chi connectivity index (χ3v) is 4.89. The van der Waals surface area contributed by atoms with Crippen molar-refractivity contribution in [2.24, 2.45) is 29.6 Å². The summed E-state index contributed by atoms with van der Waals surface area (Å²) < 4.78 is 0. The molecule has 0 radical (unpaired) electrons. The highest BCUT2D eigenvalue weighted by molar-refractivity contribution is 5.79. The van der Waals surface area contributed by atoms with Crippen LogP contribution in [0, 0.1) is 29.6 Å². The molecule has 0 aromatic rings. The van der Waals surface area contributed by atoms with Crippen LogP contribution in [0.3, 0.4) is 0 Å². The third-order valence-electron chi connectivity index (χ3n) is 4.89. The summed E-state index contributed by atoms with van der Waals surface area (Å²) in [5.41, 5.74) is 1.55. The number of fused-ring (bicyclic) bond motifs is 1. The fourth-order valence-corrected chi connectivity index (χ4v) is 3.97. The summed E-state index contributed by atoms with van der Waals surface area (Å²) in [5, 5.41) is 0. The van der Waals surface area contributed by atoms with Gasteiger partial charge < -0.3 is 0 Å². The first-order chi connectivity index (χ1) is 7.52. The van der Waals surface area contributed by atoms with Crippen molar-refractivity contribution in [2.75, 3.05) is 0 Å². The van der Waals surface area contributed by atoms with Crippen LogP contribution in [0.25, 0.3) is 0 Å². The lowest BCUT2D eigenvalue weighted by Crippen LogP contribution is -2.33. The molecule has 0 bridgehead atoms. The summed E-state index contributed by atoms with van der Waals surface area (Å²) >= 11 is 0. The molecule has 1 nitrogen and oxygen atoms in total. The molecule has 0 heterocycles. The molecular formula is C15H24O. The van der Waals surface area contributed by atoms with Gasteiger partial charge in [0.2, 0.25) is 0 Å². The Morgan fingerprint density at radius 2 is 2.06 bits per heavy atom. The summed E-state index contributed by atoms with van der Waals surface area (Å²) in [7, 11) is 0. The molecule has 0 unspecified atom stereocenters. The number of hydrogen-bond acceptors (Lipinski definition) is 1. The molecule has 2 rings (SSSR count). The predicted molar refractivity (Wildman–Crippen MR) is 67.1 cm³/mol. The highest BCUT2D eigenvalue weighted by Crippen LogP contribution is 2.51. The molecule has 90 valence electrons. The van der Waals surface area contributed by atoms with Gasteiger partial charge in [-0.05, 0) is 56.8 Å². The van der Waals surface area contributed by atoms with Gasteiger partial charge in [-0.25, -0.2) is 0 Å². The molecule has 4 atom stereocenters. The van der Waals surface area contributed by atoms with Crippen LogP contribution in [-0.2, 0) is 4.79 Å². The Hall–Kier alpha value is -0.590. The number of rotatable bonds is 2. The predicted octanol–water partition coefficient (Wildman–Crippen LogP) is 3.84. The Balaban J connectivity index is 2.28. The summed E-state index contributed by atoms with van der Waals surface area (Å²) in [6.07, 6.45) is 5.97. The lowest BCUT2D eigenvalue weighted by Gasteiger charge is -2.38. The van der Waals surface area contributed by atoms with Gasteiger partial charge in [0.05, 0.1) is 0 Å². The van der Waals surface area contributed by atoms with Crippen LogP contribution in [0.5, 0.6) is 0 Å². The zero-order valence-electron chi connectivity index (χ0n) is 11.0. The van der Waals surface area contributed by atoms with Gasteiger partial charge in [0.25, 0.3) is 0 Å². The standard InChI is InChI=1S/C15H24O/c1-9(2)12-6-5-10(3)13-7-8-14(11(4)16)15(12)13/h5,9,12-15H,6-8H2,1-4H3/t12-,13-,14+,15-/m0/s1. The van der Waals surface area contributed by atoms with Gasteiger partial charge in [-0.15, -0.1) is 0 Å². The van der Waals surface area contributed by atoms with Crippen molar-refractivity contribution in [3.8, 4) is 0 Å². The Labute approximate surface area is 99.3 Å². The Morgan fingerprint density at radius 3 is 2.62 bits per heavy atom.